The second-order valence-corrected chi connectivity index (χ2v) is 14.5. The molecule has 5 rings (SSSR count). The Morgan fingerprint density at radius 3 is 1.18 bits per heavy atom. The third-order valence-electron chi connectivity index (χ3n) is 10.3. The second-order valence-electron chi connectivity index (χ2n) is 14.5. The molecule has 0 spiro atoms. The van der Waals surface area contributed by atoms with Crippen molar-refractivity contribution in [1.29, 1.82) is 0 Å². The zero-order chi connectivity index (χ0) is 39.9. The van der Waals surface area contributed by atoms with Crippen molar-refractivity contribution in [2.24, 2.45) is 0 Å². The highest BCUT2D eigenvalue weighted by atomic mass is 16.2. The van der Waals surface area contributed by atoms with Gasteiger partial charge in [-0.25, -0.2) is 0 Å². The summed E-state index contributed by atoms with van der Waals surface area (Å²) in [5.74, 6) is -5.54. The monoisotopic (exact) mass is 772 g/mol. The third kappa shape index (κ3) is 12.1. The first-order chi connectivity index (χ1) is 27.1. The predicted molar refractivity (Wildman–Crippen MR) is 204 cm³/mol. The average Bonchev–Trinajstić information content (AvgIpc) is 3.21. The van der Waals surface area contributed by atoms with E-state index in [1.807, 2.05) is 0 Å². The van der Waals surface area contributed by atoms with Crippen LogP contribution in [-0.2, 0) is 38.4 Å². The number of nitrogens with one attached hydrogen (secondary N) is 6. The SMILES string of the molecule is O=C1CNC(=O)CN(C(C(=O)NC2CCCCC2)c2ccccc2)C(=O)CNC(=O)CNC(=O)CN(C(C(=O)NC2CCCCC2)c2ccccc2)C(=O)CN1. The standard InChI is InChI=1S/C40H52N8O8/c49-31-22-42-34(52)26-48(38(28-15-7-2-8-16-28)40(56)46-30-19-11-4-12-20-30)36(54)24-44-32(50)21-41-33(51)25-47(35(53)23-43-31)37(27-13-5-1-6-14-27)39(55)45-29-17-9-3-10-18-29/h1-2,5-8,13-16,29-30,37-38H,3-4,9-12,17-26H2,(H,41,51)(H,42,52)(H,43,49)(H,44,50)(H,45,55)(H,46,56). The fraction of sp³-hybridized carbons (Fsp3) is 0.500. The number of benzene rings is 2. The van der Waals surface area contributed by atoms with Gasteiger partial charge in [0.1, 0.15) is 25.2 Å². The summed E-state index contributed by atoms with van der Waals surface area (Å²) in [4.78, 5) is 110. The van der Waals surface area contributed by atoms with Crippen molar-refractivity contribution in [3.8, 4) is 0 Å². The Morgan fingerprint density at radius 2 is 0.821 bits per heavy atom. The topological polar surface area (TPSA) is 215 Å². The summed E-state index contributed by atoms with van der Waals surface area (Å²) in [5, 5.41) is 15.9. The van der Waals surface area contributed by atoms with Gasteiger partial charge in [0, 0.05) is 12.1 Å². The fourth-order valence-electron chi connectivity index (χ4n) is 7.37. The molecule has 0 bridgehead atoms. The van der Waals surface area contributed by atoms with Crippen molar-refractivity contribution >= 4 is 47.3 Å². The molecule has 2 aromatic rings. The Kier molecular flexibility index (Phi) is 15.3. The molecule has 2 aromatic carbocycles. The second kappa shape index (κ2) is 20.8. The van der Waals surface area contributed by atoms with E-state index in [-0.39, 0.29) is 12.1 Å². The molecule has 2 unspecified atom stereocenters. The molecule has 3 aliphatic rings. The summed E-state index contributed by atoms with van der Waals surface area (Å²) in [6, 6.07) is 14.2. The summed E-state index contributed by atoms with van der Waals surface area (Å²) in [6.07, 6.45) is 9.02. The number of carbonyl (C=O) groups excluding carboxylic acids is 8. The van der Waals surface area contributed by atoms with Crippen LogP contribution in [0.4, 0.5) is 0 Å². The largest absolute Gasteiger partial charge is 0.351 e. The lowest BCUT2D eigenvalue weighted by Crippen LogP contribution is -2.54. The van der Waals surface area contributed by atoms with E-state index < -0.39 is 98.6 Å². The van der Waals surface area contributed by atoms with Gasteiger partial charge >= 0.3 is 0 Å². The number of hydrogen-bond donors (Lipinski definition) is 6. The average molecular weight is 773 g/mol. The first-order valence-electron chi connectivity index (χ1n) is 19.5. The van der Waals surface area contributed by atoms with Crippen LogP contribution in [-0.4, -0.2) is 108 Å². The lowest BCUT2D eigenvalue weighted by atomic mass is 9.94. The van der Waals surface area contributed by atoms with Crippen LogP contribution in [0.25, 0.3) is 0 Å². The molecule has 1 heterocycles. The predicted octanol–water partition coefficient (Wildman–Crippen LogP) is 0.502. The minimum absolute atomic E-state index is 0.105. The molecule has 2 aliphatic carbocycles. The highest BCUT2D eigenvalue weighted by Crippen LogP contribution is 2.26. The van der Waals surface area contributed by atoms with E-state index in [1.54, 1.807) is 60.7 Å². The summed E-state index contributed by atoms with van der Waals surface area (Å²) in [6.45, 7) is -3.69. The van der Waals surface area contributed by atoms with Gasteiger partial charge in [0.05, 0.1) is 26.2 Å². The van der Waals surface area contributed by atoms with E-state index in [0.717, 1.165) is 74.0 Å². The minimum atomic E-state index is -1.25. The Hall–Kier alpha value is -5.80. The maximum absolute atomic E-state index is 13.9. The van der Waals surface area contributed by atoms with E-state index >= 15 is 0 Å². The van der Waals surface area contributed by atoms with Gasteiger partial charge in [-0.15, -0.1) is 0 Å². The van der Waals surface area contributed by atoms with Gasteiger partial charge in [0.15, 0.2) is 0 Å². The maximum Gasteiger partial charge on any atom is 0.247 e. The van der Waals surface area contributed by atoms with E-state index in [2.05, 4.69) is 31.9 Å². The van der Waals surface area contributed by atoms with E-state index in [1.165, 1.54) is 0 Å². The number of amides is 8. The first kappa shape index (κ1) is 41.4. The van der Waals surface area contributed by atoms with Crippen LogP contribution in [0.3, 0.4) is 0 Å². The van der Waals surface area contributed by atoms with Crippen LogP contribution in [0.15, 0.2) is 60.7 Å². The molecule has 2 atom stereocenters. The molecule has 2 saturated carbocycles. The third-order valence-corrected chi connectivity index (χ3v) is 10.3. The van der Waals surface area contributed by atoms with Crippen molar-refractivity contribution < 1.29 is 38.4 Å². The molecule has 16 heteroatoms. The molecule has 300 valence electrons. The number of rotatable bonds is 8. The Morgan fingerprint density at radius 1 is 0.482 bits per heavy atom. The molecular formula is C40H52N8O8. The van der Waals surface area contributed by atoms with Crippen LogP contribution in [0, 0.1) is 0 Å². The Labute approximate surface area is 326 Å². The van der Waals surface area contributed by atoms with Crippen LogP contribution in [0.1, 0.15) is 87.4 Å². The minimum Gasteiger partial charge on any atom is -0.351 e. The molecule has 1 aliphatic heterocycles. The van der Waals surface area contributed by atoms with Crippen molar-refractivity contribution in [3.05, 3.63) is 71.8 Å². The lowest BCUT2D eigenvalue weighted by molar-refractivity contribution is -0.145. The van der Waals surface area contributed by atoms with Gasteiger partial charge < -0.3 is 41.7 Å². The van der Waals surface area contributed by atoms with Crippen molar-refractivity contribution in [2.45, 2.75) is 88.4 Å². The summed E-state index contributed by atoms with van der Waals surface area (Å²) in [7, 11) is 0. The smallest absolute Gasteiger partial charge is 0.247 e. The fourth-order valence-corrected chi connectivity index (χ4v) is 7.37. The molecule has 1 saturated heterocycles. The van der Waals surface area contributed by atoms with Gasteiger partial charge in [-0.2, -0.15) is 0 Å². The Bertz CT molecular complexity index is 1590. The molecule has 3 fully saturated rings. The molecule has 0 aromatic heterocycles. The van der Waals surface area contributed by atoms with Gasteiger partial charge in [0.2, 0.25) is 47.3 Å². The van der Waals surface area contributed by atoms with E-state index in [9.17, 15) is 38.4 Å². The van der Waals surface area contributed by atoms with Crippen molar-refractivity contribution in [1.82, 2.24) is 41.7 Å². The molecule has 6 N–H and O–H groups in total. The highest BCUT2D eigenvalue weighted by molar-refractivity contribution is 5.97. The summed E-state index contributed by atoms with van der Waals surface area (Å²) < 4.78 is 0. The van der Waals surface area contributed by atoms with Gasteiger partial charge in [-0.1, -0.05) is 99.2 Å². The van der Waals surface area contributed by atoms with Crippen LogP contribution in [0.5, 0.6) is 0 Å². The van der Waals surface area contributed by atoms with E-state index in [0.29, 0.717) is 11.1 Å². The summed E-state index contributed by atoms with van der Waals surface area (Å²) in [5.41, 5.74) is 0.870. The number of nitrogens with zero attached hydrogens (tertiary/aromatic N) is 2. The maximum atomic E-state index is 13.9. The molecule has 56 heavy (non-hydrogen) atoms. The van der Waals surface area contributed by atoms with E-state index in [4.69, 9.17) is 0 Å². The molecule has 0 radical (unpaired) electrons. The van der Waals surface area contributed by atoms with Crippen LogP contribution < -0.4 is 31.9 Å². The molecule has 8 amide bonds. The Balaban J connectivity index is 1.36. The van der Waals surface area contributed by atoms with Crippen molar-refractivity contribution in [3.63, 3.8) is 0 Å². The highest BCUT2D eigenvalue weighted by Gasteiger charge is 2.36. The zero-order valence-electron chi connectivity index (χ0n) is 31.6. The first-order valence-corrected chi connectivity index (χ1v) is 19.5. The number of hydrogen-bond acceptors (Lipinski definition) is 8. The number of carbonyl (C=O) groups is 8. The molecular weight excluding hydrogens is 720 g/mol. The van der Waals surface area contributed by atoms with Crippen LogP contribution >= 0.6 is 0 Å². The molecule has 16 nitrogen and oxygen atoms in total. The van der Waals surface area contributed by atoms with Gasteiger partial charge in [0.25, 0.3) is 0 Å². The zero-order valence-corrected chi connectivity index (χ0v) is 31.6. The van der Waals surface area contributed by atoms with Crippen molar-refractivity contribution in [2.75, 3.05) is 39.3 Å². The van der Waals surface area contributed by atoms with Gasteiger partial charge in [-0.3, -0.25) is 38.4 Å². The normalized spacial score (nSPS) is 20.3. The summed E-state index contributed by atoms with van der Waals surface area (Å²) >= 11 is 0. The lowest BCUT2D eigenvalue weighted by Gasteiger charge is -2.33. The van der Waals surface area contributed by atoms with Crippen LogP contribution in [0.2, 0.25) is 0 Å². The van der Waals surface area contributed by atoms with Gasteiger partial charge in [-0.05, 0) is 36.8 Å². The quantitative estimate of drug-likeness (QED) is 0.222.